The van der Waals surface area contributed by atoms with Crippen molar-refractivity contribution < 1.29 is 0 Å². The van der Waals surface area contributed by atoms with E-state index in [0.29, 0.717) is 11.0 Å². The number of aromatic nitrogens is 3. The van der Waals surface area contributed by atoms with Gasteiger partial charge in [-0.1, -0.05) is 17.7 Å². The third-order valence-electron chi connectivity index (χ3n) is 3.44. The van der Waals surface area contributed by atoms with Crippen LogP contribution in [0.5, 0.6) is 0 Å². The summed E-state index contributed by atoms with van der Waals surface area (Å²) in [6.45, 7) is 2.02. The summed E-state index contributed by atoms with van der Waals surface area (Å²) < 4.78 is 2.01. The quantitative estimate of drug-likeness (QED) is 0.521. The van der Waals surface area contributed by atoms with Crippen LogP contribution < -0.4 is 5.56 Å². The molecule has 4 nitrogen and oxygen atoms in total. The summed E-state index contributed by atoms with van der Waals surface area (Å²) in [6, 6.07) is 11.7. The fraction of sp³-hybridized carbons (Fsp3) is 0.0667. The highest BCUT2D eigenvalue weighted by Crippen LogP contribution is 2.23. The van der Waals surface area contributed by atoms with Crippen LogP contribution >= 0.6 is 0 Å². The first-order chi connectivity index (χ1) is 9.24. The Kier molecular flexibility index (Phi) is 1.87. The molecule has 0 bridgehead atoms. The highest BCUT2D eigenvalue weighted by Gasteiger charge is 2.10. The standard InChI is InChI=1S/C15H11N3O/c1-9-5-6-10-11(8-9)13-14(17-15(10)19)16-12-4-2-3-7-18(12)13/h2-8H,1H3,(H,17,19). The van der Waals surface area contributed by atoms with Gasteiger partial charge in [-0.05, 0) is 31.2 Å². The maximum Gasteiger partial charge on any atom is 0.257 e. The molecule has 92 valence electrons. The van der Waals surface area contributed by atoms with Gasteiger partial charge in [-0.15, -0.1) is 0 Å². The molecular weight excluding hydrogens is 238 g/mol. The van der Waals surface area contributed by atoms with Crippen LogP contribution in [-0.4, -0.2) is 14.4 Å². The van der Waals surface area contributed by atoms with Crippen molar-refractivity contribution in [1.29, 1.82) is 0 Å². The molecule has 0 spiro atoms. The maximum atomic E-state index is 12.1. The van der Waals surface area contributed by atoms with E-state index in [-0.39, 0.29) is 5.56 Å². The topological polar surface area (TPSA) is 50.2 Å². The van der Waals surface area contributed by atoms with E-state index in [4.69, 9.17) is 0 Å². The molecule has 0 saturated carbocycles. The number of benzene rings is 1. The summed E-state index contributed by atoms with van der Waals surface area (Å²) in [5.74, 6) is 0. The highest BCUT2D eigenvalue weighted by atomic mass is 16.1. The van der Waals surface area contributed by atoms with E-state index in [9.17, 15) is 4.79 Å². The molecular formula is C15H11N3O. The summed E-state index contributed by atoms with van der Waals surface area (Å²) in [4.78, 5) is 19.4. The fourth-order valence-corrected chi connectivity index (χ4v) is 2.57. The number of hydrogen-bond donors (Lipinski definition) is 1. The minimum atomic E-state index is -0.0918. The Balaban J connectivity index is 2.41. The summed E-state index contributed by atoms with van der Waals surface area (Å²) in [5, 5.41) is 1.64. The molecule has 0 aliphatic rings. The lowest BCUT2D eigenvalue weighted by atomic mass is 10.1. The second kappa shape index (κ2) is 3.45. The molecule has 4 heteroatoms. The van der Waals surface area contributed by atoms with Crippen molar-refractivity contribution in [3.05, 3.63) is 58.5 Å². The van der Waals surface area contributed by atoms with Gasteiger partial charge >= 0.3 is 0 Å². The molecule has 3 aromatic heterocycles. The van der Waals surface area contributed by atoms with Crippen LogP contribution in [-0.2, 0) is 0 Å². The van der Waals surface area contributed by atoms with Gasteiger partial charge in [-0.25, -0.2) is 4.98 Å². The van der Waals surface area contributed by atoms with Crippen LogP contribution in [0.2, 0.25) is 0 Å². The average molecular weight is 249 g/mol. The number of pyridine rings is 2. The van der Waals surface area contributed by atoms with E-state index >= 15 is 0 Å². The molecule has 0 fully saturated rings. The zero-order valence-electron chi connectivity index (χ0n) is 10.3. The molecule has 1 N–H and O–H groups in total. The van der Waals surface area contributed by atoms with Gasteiger partial charge < -0.3 is 4.98 Å². The maximum absolute atomic E-state index is 12.1. The second-order valence-corrected chi connectivity index (χ2v) is 4.74. The van der Waals surface area contributed by atoms with E-state index < -0.39 is 0 Å². The van der Waals surface area contributed by atoms with Crippen LogP contribution in [0.1, 0.15) is 5.56 Å². The Labute approximate surface area is 108 Å². The van der Waals surface area contributed by atoms with Gasteiger partial charge in [-0.2, -0.15) is 0 Å². The van der Waals surface area contributed by atoms with Crippen molar-refractivity contribution in [2.45, 2.75) is 6.92 Å². The summed E-state index contributed by atoms with van der Waals surface area (Å²) in [7, 11) is 0. The Morgan fingerprint density at radius 2 is 2.05 bits per heavy atom. The number of aromatic amines is 1. The summed E-state index contributed by atoms with van der Waals surface area (Å²) in [6.07, 6.45) is 1.96. The lowest BCUT2D eigenvalue weighted by Crippen LogP contribution is -2.06. The number of aryl methyl sites for hydroxylation is 1. The molecule has 0 amide bonds. The van der Waals surface area contributed by atoms with Crippen molar-refractivity contribution in [1.82, 2.24) is 14.4 Å². The lowest BCUT2D eigenvalue weighted by Gasteiger charge is -2.02. The van der Waals surface area contributed by atoms with Crippen molar-refractivity contribution in [3.8, 4) is 0 Å². The molecule has 19 heavy (non-hydrogen) atoms. The average Bonchev–Trinajstić information content (AvgIpc) is 2.76. The van der Waals surface area contributed by atoms with Crippen molar-refractivity contribution in [2.24, 2.45) is 0 Å². The van der Waals surface area contributed by atoms with E-state index in [1.165, 1.54) is 0 Å². The van der Waals surface area contributed by atoms with Gasteiger partial charge in [0, 0.05) is 17.0 Å². The monoisotopic (exact) mass is 249 g/mol. The molecule has 0 unspecified atom stereocenters. The Morgan fingerprint density at radius 1 is 1.16 bits per heavy atom. The van der Waals surface area contributed by atoms with E-state index in [1.54, 1.807) is 0 Å². The summed E-state index contributed by atoms with van der Waals surface area (Å²) in [5.41, 5.74) is 3.46. The number of fused-ring (bicyclic) bond motifs is 5. The fourth-order valence-electron chi connectivity index (χ4n) is 2.57. The predicted octanol–water partition coefficient (Wildman–Crippen LogP) is 2.64. The van der Waals surface area contributed by atoms with Gasteiger partial charge in [-0.3, -0.25) is 9.20 Å². The van der Waals surface area contributed by atoms with Crippen LogP contribution in [0.25, 0.3) is 27.6 Å². The molecule has 3 heterocycles. The Bertz CT molecular complexity index is 995. The van der Waals surface area contributed by atoms with Gasteiger partial charge in [0.25, 0.3) is 5.56 Å². The molecule has 0 saturated heterocycles. The molecule has 1 aromatic carbocycles. The zero-order valence-corrected chi connectivity index (χ0v) is 10.3. The highest BCUT2D eigenvalue weighted by molar-refractivity contribution is 6.03. The van der Waals surface area contributed by atoms with E-state index in [1.807, 2.05) is 53.9 Å². The number of nitrogens with one attached hydrogen (secondary N) is 1. The molecule has 0 radical (unpaired) electrons. The lowest BCUT2D eigenvalue weighted by molar-refractivity contribution is 1.23. The largest absolute Gasteiger partial charge is 0.305 e. The third kappa shape index (κ3) is 1.34. The number of imidazole rings is 1. The van der Waals surface area contributed by atoms with Crippen LogP contribution in [0, 0.1) is 6.92 Å². The van der Waals surface area contributed by atoms with Gasteiger partial charge in [0.15, 0.2) is 5.65 Å². The van der Waals surface area contributed by atoms with Crippen molar-refractivity contribution >= 4 is 27.6 Å². The number of H-pyrrole nitrogens is 1. The minimum absolute atomic E-state index is 0.0918. The zero-order chi connectivity index (χ0) is 13.0. The predicted molar refractivity (Wildman–Crippen MR) is 75.6 cm³/mol. The third-order valence-corrected chi connectivity index (χ3v) is 3.44. The second-order valence-electron chi connectivity index (χ2n) is 4.74. The Morgan fingerprint density at radius 3 is 2.95 bits per heavy atom. The first-order valence-electron chi connectivity index (χ1n) is 6.13. The number of nitrogens with zero attached hydrogens (tertiary/aromatic N) is 2. The van der Waals surface area contributed by atoms with Crippen LogP contribution in [0.4, 0.5) is 0 Å². The first kappa shape index (κ1) is 10.3. The van der Waals surface area contributed by atoms with Crippen LogP contribution in [0.3, 0.4) is 0 Å². The molecule has 4 aromatic rings. The van der Waals surface area contributed by atoms with Crippen molar-refractivity contribution in [2.75, 3.05) is 0 Å². The van der Waals surface area contributed by atoms with E-state index in [0.717, 1.165) is 22.1 Å². The number of rotatable bonds is 0. The minimum Gasteiger partial charge on any atom is -0.305 e. The van der Waals surface area contributed by atoms with E-state index in [2.05, 4.69) is 9.97 Å². The molecule has 4 rings (SSSR count). The molecule has 0 aliphatic heterocycles. The Hall–Kier alpha value is -2.62. The normalized spacial score (nSPS) is 11.6. The van der Waals surface area contributed by atoms with Crippen molar-refractivity contribution in [3.63, 3.8) is 0 Å². The van der Waals surface area contributed by atoms with Crippen LogP contribution in [0.15, 0.2) is 47.4 Å². The number of hydrogen-bond acceptors (Lipinski definition) is 2. The molecule has 0 aliphatic carbocycles. The van der Waals surface area contributed by atoms with Gasteiger partial charge in [0.2, 0.25) is 0 Å². The smallest absolute Gasteiger partial charge is 0.257 e. The SMILES string of the molecule is Cc1ccc2c(=O)[nH]c3nc4ccccn4c3c2c1. The van der Waals surface area contributed by atoms with Gasteiger partial charge in [0.1, 0.15) is 5.65 Å². The summed E-state index contributed by atoms with van der Waals surface area (Å²) >= 11 is 0. The first-order valence-corrected chi connectivity index (χ1v) is 6.13. The van der Waals surface area contributed by atoms with Gasteiger partial charge in [0.05, 0.1) is 5.52 Å². The molecule has 0 atom stereocenters.